The molecule has 0 aliphatic carbocycles. The summed E-state index contributed by atoms with van der Waals surface area (Å²) < 4.78 is 24.0. The van der Waals surface area contributed by atoms with E-state index in [1.807, 2.05) is 6.92 Å². The molecule has 102 valence electrons. The van der Waals surface area contributed by atoms with Crippen LogP contribution in [0, 0.1) is 5.41 Å². The summed E-state index contributed by atoms with van der Waals surface area (Å²) in [7, 11) is -3.59. The third-order valence-corrected chi connectivity index (χ3v) is 4.37. The molecule has 0 saturated carbocycles. The van der Waals surface area contributed by atoms with E-state index in [9.17, 15) is 13.2 Å². The van der Waals surface area contributed by atoms with Crippen molar-refractivity contribution in [2.75, 3.05) is 18.6 Å². The predicted molar refractivity (Wildman–Crippen MR) is 70.4 cm³/mol. The van der Waals surface area contributed by atoms with E-state index in [2.05, 4.69) is 5.16 Å². The summed E-state index contributed by atoms with van der Waals surface area (Å²) in [5.41, 5.74) is -0.0105. The van der Waals surface area contributed by atoms with Crippen LogP contribution in [0.2, 0.25) is 0 Å². The maximum Gasteiger partial charge on any atom is 0.234 e. The molecule has 18 heavy (non-hydrogen) atoms. The van der Waals surface area contributed by atoms with Crippen LogP contribution in [0.3, 0.4) is 0 Å². The number of sulfonamides is 1. The van der Waals surface area contributed by atoms with E-state index in [4.69, 9.17) is 10.2 Å². The van der Waals surface area contributed by atoms with Gasteiger partial charge in [0.2, 0.25) is 10.0 Å². The van der Waals surface area contributed by atoms with Gasteiger partial charge in [-0.1, -0.05) is 23.8 Å². The number of oxime groups is 1. The van der Waals surface area contributed by atoms with Crippen LogP contribution in [-0.2, 0) is 19.7 Å². The van der Waals surface area contributed by atoms with Gasteiger partial charge in [0.1, 0.15) is 18.4 Å². The van der Waals surface area contributed by atoms with Crippen LogP contribution in [0.25, 0.3) is 0 Å². The van der Waals surface area contributed by atoms with Crippen molar-refractivity contribution in [1.82, 2.24) is 4.31 Å². The van der Waals surface area contributed by atoms with Crippen LogP contribution in [0.15, 0.2) is 5.16 Å². The van der Waals surface area contributed by atoms with E-state index >= 15 is 0 Å². The van der Waals surface area contributed by atoms with Gasteiger partial charge in [-0.25, -0.2) is 12.7 Å². The quantitative estimate of drug-likeness (QED) is 0.328. The Labute approximate surface area is 110 Å². The first-order valence-electron chi connectivity index (χ1n) is 5.27. The van der Waals surface area contributed by atoms with Crippen LogP contribution in [0.1, 0.15) is 13.3 Å². The van der Waals surface area contributed by atoms with Crippen molar-refractivity contribution < 1.29 is 18.0 Å². The molecule has 0 spiro atoms. The number of aldehydes is 1. The van der Waals surface area contributed by atoms with Gasteiger partial charge in [-0.3, -0.25) is 10.2 Å². The Morgan fingerprint density at radius 1 is 1.72 bits per heavy atom. The monoisotopic (exact) mass is 293 g/mol. The molecular weight excluding hydrogens is 278 g/mol. The Morgan fingerprint density at radius 2 is 2.39 bits per heavy atom. The average molecular weight is 293 g/mol. The van der Waals surface area contributed by atoms with E-state index in [0.717, 1.165) is 28.7 Å². The molecule has 7 nitrogen and oxygen atoms in total. The van der Waals surface area contributed by atoms with E-state index < -0.39 is 16.1 Å². The third kappa shape index (κ3) is 3.45. The second-order valence-electron chi connectivity index (χ2n) is 3.66. The maximum absolute atomic E-state index is 11.6. The fourth-order valence-corrected chi connectivity index (χ4v) is 3.89. The van der Waals surface area contributed by atoms with Gasteiger partial charge < -0.3 is 4.84 Å². The predicted octanol–water partition coefficient (Wildman–Crippen LogP) is 0.280. The molecule has 1 unspecified atom stereocenters. The molecule has 1 aliphatic heterocycles. The van der Waals surface area contributed by atoms with Gasteiger partial charge in [0.05, 0.1) is 6.26 Å². The first-order valence-corrected chi connectivity index (χ1v) is 8.11. The second kappa shape index (κ2) is 6.19. The smallest absolute Gasteiger partial charge is 0.234 e. The summed E-state index contributed by atoms with van der Waals surface area (Å²) in [6.07, 6.45) is 2.20. The van der Waals surface area contributed by atoms with Crippen molar-refractivity contribution in [1.29, 1.82) is 5.41 Å². The first kappa shape index (κ1) is 15.0. The lowest BCUT2D eigenvalue weighted by atomic mass is 10.2. The number of nitrogens with one attached hydrogen (secondary N) is 1. The molecule has 1 aliphatic rings. The highest BCUT2D eigenvalue weighted by molar-refractivity contribution is 8.15. The number of nitrogens with zero attached hydrogens (tertiary/aromatic N) is 2. The Hall–Kier alpha value is -1.09. The van der Waals surface area contributed by atoms with Gasteiger partial charge >= 0.3 is 0 Å². The number of hydrogen-bond acceptors (Lipinski definition) is 7. The Morgan fingerprint density at radius 3 is 2.89 bits per heavy atom. The Balaban J connectivity index is 2.95. The van der Waals surface area contributed by atoms with E-state index in [1.54, 1.807) is 0 Å². The van der Waals surface area contributed by atoms with E-state index in [0.29, 0.717) is 18.6 Å². The van der Waals surface area contributed by atoms with E-state index in [-0.39, 0.29) is 10.9 Å². The molecule has 0 aromatic carbocycles. The summed E-state index contributed by atoms with van der Waals surface area (Å²) in [4.78, 5) is 15.9. The SMILES string of the molecule is CCCON=C(C=O)C1CSC(=N)N1S(C)(=O)=O. The lowest BCUT2D eigenvalue weighted by Crippen LogP contribution is -2.43. The van der Waals surface area contributed by atoms with Gasteiger partial charge in [0, 0.05) is 5.75 Å². The number of carbonyl (C=O) groups is 1. The summed E-state index contributed by atoms with van der Waals surface area (Å²) >= 11 is 1.06. The molecule has 1 rings (SSSR count). The molecule has 1 N–H and O–H groups in total. The van der Waals surface area contributed by atoms with Crippen molar-refractivity contribution >= 4 is 39.0 Å². The minimum atomic E-state index is -3.59. The highest BCUT2D eigenvalue weighted by Gasteiger charge is 2.39. The highest BCUT2D eigenvalue weighted by Crippen LogP contribution is 2.26. The molecule has 0 bridgehead atoms. The molecule has 0 aromatic rings. The Bertz CT molecular complexity index is 460. The van der Waals surface area contributed by atoms with Crippen molar-refractivity contribution in [3.63, 3.8) is 0 Å². The van der Waals surface area contributed by atoms with Crippen LogP contribution in [0.5, 0.6) is 0 Å². The maximum atomic E-state index is 11.6. The molecule has 9 heteroatoms. The summed E-state index contributed by atoms with van der Waals surface area (Å²) in [6, 6.07) is -0.758. The van der Waals surface area contributed by atoms with Gasteiger partial charge in [0.25, 0.3) is 0 Å². The van der Waals surface area contributed by atoms with Crippen molar-refractivity contribution in [3.8, 4) is 0 Å². The molecule has 1 fully saturated rings. The molecule has 1 atom stereocenters. The lowest BCUT2D eigenvalue weighted by molar-refractivity contribution is -0.103. The number of hydrogen-bond donors (Lipinski definition) is 1. The third-order valence-electron chi connectivity index (χ3n) is 2.15. The van der Waals surface area contributed by atoms with Crippen LogP contribution in [0.4, 0.5) is 0 Å². The average Bonchev–Trinajstić information content (AvgIpc) is 2.66. The standard InChI is InChI=1S/C9H15N3O4S2/c1-3-4-16-11-7(5-13)8-6-17-9(10)12(8)18(2,14)15/h5,8,10H,3-4,6H2,1-2H3. The molecule has 0 aromatic heterocycles. The van der Waals surface area contributed by atoms with Gasteiger partial charge in [-0.2, -0.15) is 0 Å². The summed E-state index contributed by atoms with van der Waals surface area (Å²) in [5, 5.41) is 11.1. The molecule has 0 amide bonds. The normalized spacial score (nSPS) is 21.2. The molecule has 1 heterocycles. The fourth-order valence-electron chi connectivity index (χ4n) is 1.39. The zero-order valence-corrected chi connectivity index (χ0v) is 11.8. The summed E-state index contributed by atoms with van der Waals surface area (Å²) in [6.45, 7) is 2.24. The number of carbonyl (C=O) groups excluding carboxylic acids is 1. The summed E-state index contributed by atoms with van der Waals surface area (Å²) in [5.74, 6) is 0.291. The van der Waals surface area contributed by atoms with Crippen molar-refractivity contribution in [2.45, 2.75) is 19.4 Å². The number of rotatable bonds is 6. The van der Waals surface area contributed by atoms with Crippen LogP contribution < -0.4 is 0 Å². The minimum Gasteiger partial charge on any atom is -0.395 e. The topological polar surface area (TPSA) is 99.9 Å². The largest absolute Gasteiger partial charge is 0.395 e. The minimum absolute atomic E-state index is 0.0105. The Kier molecular flexibility index (Phi) is 5.15. The van der Waals surface area contributed by atoms with E-state index in [1.165, 1.54) is 0 Å². The first-order chi connectivity index (χ1) is 8.41. The molecule has 0 radical (unpaired) electrons. The lowest BCUT2D eigenvalue weighted by Gasteiger charge is -2.21. The highest BCUT2D eigenvalue weighted by atomic mass is 32.2. The van der Waals surface area contributed by atoms with Gasteiger partial charge in [-0.05, 0) is 6.42 Å². The number of amidine groups is 1. The van der Waals surface area contributed by atoms with Crippen molar-refractivity contribution in [2.24, 2.45) is 5.16 Å². The van der Waals surface area contributed by atoms with Crippen LogP contribution >= 0.6 is 11.8 Å². The molecular formula is C9H15N3O4S2. The van der Waals surface area contributed by atoms with Gasteiger partial charge in [0.15, 0.2) is 11.5 Å². The second-order valence-corrected chi connectivity index (χ2v) is 6.53. The zero-order chi connectivity index (χ0) is 13.8. The number of thioether (sulfide) groups is 1. The molecule has 1 saturated heterocycles. The van der Waals surface area contributed by atoms with Crippen LogP contribution in [-0.4, -0.2) is 54.5 Å². The van der Waals surface area contributed by atoms with Crippen molar-refractivity contribution in [3.05, 3.63) is 0 Å². The zero-order valence-electron chi connectivity index (χ0n) is 10.1. The fraction of sp³-hybridized carbons (Fsp3) is 0.667. The van der Waals surface area contributed by atoms with Gasteiger partial charge in [-0.15, -0.1) is 0 Å².